The first-order chi connectivity index (χ1) is 11.7. The molecular formula is C17H25N5O2. The van der Waals surface area contributed by atoms with Crippen molar-refractivity contribution in [1.82, 2.24) is 20.8 Å². The lowest BCUT2D eigenvalue weighted by Gasteiger charge is -2.15. The number of guanidine groups is 1. The van der Waals surface area contributed by atoms with Crippen molar-refractivity contribution in [3.8, 4) is 0 Å². The van der Waals surface area contributed by atoms with E-state index in [1.807, 2.05) is 18.2 Å². The molecule has 1 aromatic heterocycles. The highest BCUT2D eigenvalue weighted by molar-refractivity contribution is 5.79. The van der Waals surface area contributed by atoms with Gasteiger partial charge in [-0.3, -0.25) is 4.99 Å². The van der Waals surface area contributed by atoms with E-state index in [0.717, 1.165) is 6.54 Å². The summed E-state index contributed by atoms with van der Waals surface area (Å²) in [7, 11) is 1.73. The van der Waals surface area contributed by atoms with Crippen LogP contribution < -0.4 is 10.6 Å². The Morgan fingerprint density at radius 1 is 1.29 bits per heavy atom. The van der Waals surface area contributed by atoms with Crippen molar-refractivity contribution in [2.24, 2.45) is 10.9 Å². The number of benzene rings is 1. The summed E-state index contributed by atoms with van der Waals surface area (Å²) in [4.78, 5) is 8.31. The summed E-state index contributed by atoms with van der Waals surface area (Å²) < 4.78 is 10.8. The predicted octanol–water partition coefficient (Wildman–Crippen LogP) is 1.90. The molecule has 0 spiro atoms. The molecule has 1 unspecified atom stereocenters. The second-order valence-corrected chi connectivity index (χ2v) is 5.65. The van der Waals surface area contributed by atoms with Crippen LogP contribution in [0.15, 0.2) is 39.8 Å². The zero-order chi connectivity index (χ0) is 17.2. The van der Waals surface area contributed by atoms with E-state index in [1.54, 1.807) is 14.0 Å². The fourth-order valence-electron chi connectivity index (χ4n) is 2.07. The molecule has 1 atom stereocenters. The normalized spacial score (nSPS) is 12.9. The lowest BCUT2D eigenvalue weighted by Crippen LogP contribution is -2.39. The lowest BCUT2D eigenvalue weighted by atomic mass is 10.2. The third kappa shape index (κ3) is 6.37. The standard InChI is InChI=1S/C17H25N5O2/c1-13(11-23-12-15-7-5-4-6-8-15)9-19-17(18-3)20-10-16-21-14(2)22-24-16/h4-8,13H,9-12H2,1-3H3,(H2,18,19,20). The maximum absolute atomic E-state index is 5.75. The minimum absolute atomic E-state index is 0.359. The van der Waals surface area contributed by atoms with Crippen molar-refractivity contribution < 1.29 is 9.26 Å². The van der Waals surface area contributed by atoms with E-state index in [9.17, 15) is 0 Å². The lowest BCUT2D eigenvalue weighted by molar-refractivity contribution is 0.0931. The van der Waals surface area contributed by atoms with Gasteiger partial charge in [0.05, 0.1) is 19.8 Å². The van der Waals surface area contributed by atoms with E-state index >= 15 is 0 Å². The molecule has 0 radical (unpaired) electrons. The van der Waals surface area contributed by atoms with Crippen molar-refractivity contribution in [2.45, 2.75) is 27.0 Å². The molecule has 7 heteroatoms. The Bertz CT molecular complexity index is 627. The number of nitrogens with one attached hydrogen (secondary N) is 2. The van der Waals surface area contributed by atoms with Crippen LogP contribution >= 0.6 is 0 Å². The fraction of sp³-hybridized carbons (Fsp3) is 0.471. The van der Waals surface area contributed by atoms with Crippen LogP contribution in [0.1, 0.15) is 24.2 Å². The first kappa shape index (κ1) is 17.9. The van der Waals surface area contributed by atoms with Crippen LogP contribution in [0.5, 0.6) is 0 Å². The Balaban J connectivity index is 1.63. The molecule has 0 saturated heterocycles. The van der Waals surface area contributed by atoms with E-state index in [1.165, 1.54) is 5.56 Å². The number of ether oxygens (including phenoxy) is 1. The smallest absolute Gasteiger partial charge is 0.246 e. The third-order valence-corrected chi connectivity index (χ3v) is 3.33. The van der Waals surface area contributed by atoms with Crippen LogP contribution in [0.25, 0.3) is 0 Å². The molecule has 0 amide bonds. The van der Waals surface area contributed by atoms with Gasteiger partial charge in [0.25, 0.3) is 0 Å². The Morgan fingerprint density at radius 3 is 2.75 bits per heavy atom. The first-order valence-electron chi connectivity index (χ1n) is 8.02. The second kappa shape index (κ2) is 9.67. The Labute approximate surface area is 142 Å². The SMILES string of the molecule is CN=C(NCc1nc(C)no1)NCC(C)COCc1ccccc1. The molecule has 2 aromatic rings. The molecule has 0 aliphatic rings. The molecular weight excluding hydrogens is 306 g/mol. The summed E-state index contributed by atoms with van der Waals surface area (Å²) in [6.07, 6.45) is 0. The molecule has 24 heavy (non-hydrogen) atoms. The fourth-order valence-corrected chi connectivity index (χ4v) is 2.07. The summed E-state index contributed by atoms with van der Waals surface area (Å²) >= 11 is 0. The third-order valence-electron chi connectivity index (χ3n) is 3.33. The number of hydrogen-bond acceptors (Lipinski definition) is 5. The minimum atomic E-state index is 0.359. The van der Waals surface area contributed by atoms with Gasteiger partial charge in [0.15, 0.2) is 11.8 Å². The van der Waals surface area contributed by atoms with Crippen LogP contribution in [0, 0.1) is 12.8 Å². The molecule has 0 fully saturated rings. The number of aromatic nitrogens is 2. The van der Waals surface area contributed by atoms with Crippen LogP contribution in [0.3, 0.4) is 0 Å². The molecule has 1 heterocycles. The van der Waals surface area contributed by atoms with Crippen LogP contribution in [0.2, 0.25) is 0 Å². The number of hydrogen-bond donors (Lipinski definition) is 2. The number of rotatable bonds is 8. The average Bonchev–Trinajstić information content (AvgIpc) is 3.01. The first-order valence-corrected chi connectivity index (χ1v) is 8.02. The monoisotopic (exact) mass is 331 g/mol. The molecule has 130 valence electrons. The summed E-state index contributed by atoms with van der Waals surface area (Å²) in [5.41, 5.74) is 1.19. The molecule has 0 aliphatic heterocycles. The second-order valence-electron chi connectivity index (χ2n) is 5.65. The molecule has 2 rings (SSSR count). The Hall–Kier alpha value is -2.41. The van der Waals surface area contributed by atoms with Gasteiger partial charge in [-0.25, -0.2) is 0 Å². The van der Waals surface area contributed by atoms with Gasteiger partial charge >= 0.3 is 0 Å². The van der Waals surface area contributed by atoms with E-state index < -0.39 is 0 Å². The zero-order valence-electron chi connectivity index (χ0n) is 14.5. The van der Waals surface area contributed by atoms with Crippen molar-refractivity contribution in [2.75, 3.05) is 20.2 Å². The van der Waals surface area contributed by atoms with Gasteiger partial charge in [-0.15, -0.1) is 0 Å². The summed E-state index contributed by atoms with van der Waals surface area (Å²) in [5, 5.41) is 10.2. The minimum Gasteiger partial charge on any atom is -0.376 e. The highest BCUT2D eigenvalue weighted by Gasteiger charge is 2.07. The van der Waals surface area contributed by atoms with Crippen molar-refractivity contribution in [1.29, 1.82) is 0 Å². The Morgan fingerprint density at radius 2 is 2.08 bits per heavy atom. The predicted molar refractivity (Wildman–Crippen MR) is 92.5 cm³/mol. The topological polar surface area (TPSA) is 84.6 Å². The van der Waals surface area contributed by atoms with Gasteiger partial charge in [-0.1, -0.05) is 42.4 Å². The largest absolute Gasteiger partial charge is 0.376 e. The van der Waals surface area contributed by atoms with Crippen LogP contribution in [-0.2, 0) is 17.9 Å². The molecule has 2 N–H and O–H groups in total. The van der Waals surface area contributed by atoms with Crippen LogP contribution in [0.4, 0.5) is 0 Å². The number of aryl methyl sites for hydroxylation is 1. The van der Waals surface area contributed by atoms with Gasteiger partial charge in [0, 0.05) is 13.6 Å². The maximum Gasteiger partial charge on any atom is 0.246 e. The highest BCUT2D eigenvalue weighted by atomic mass is 16.5. The van der Waals surface area contributed by atoms with E-state index in [-0.39, 0.29) is 0 Å². The average molecular weight is 331 g/mol. The quantitative estimate of drug-likeness (QED) is 0.568. The number of nitrogens with zero attached hydrogens (tertiary/aromatic N) is 3. The molecule has 7 nitrogen and oxygen atoms in total. The highest BCUT2D eigenvalue weighted by Crippen LogP contribution is 2.03. The van der Waals surface area contributed by atoms with E-state index in [2.05, 4.69) is 44.8 Å². The maximum atomic E-state index is 5.75. The van der Waals surface area contributed by atoms with Gasteiger partial charge in [-0.2, -0.15) is 4.98 Å². The Kier molecular flexibility index (Phi) is 7.22. The molecule has 0 aliphatic carbocycles. The van der Waals surface area contributed by atoms with E-state index in [4.69, 9.17) is 9.26 Å². The summed E-state index contributed by atoms with van der Waals surface area (Å²) in [5.74, 6) is 2.22. The van der Waals surface area contributed by atoms with E-state index in [0.29, 0.717) is 43.4 Å². The zero-order valence-corrected chi connectivity index (χ0v) is 14.5. The summed E-state index contributed by atoms with van der Waals surface area (Å²) in [6, 6.07) is 10.2. The molecule has 0 bridgehead atoms. The molecule has 1 aromatic carbocycles. The molecule has 0 saturated carbocycles. The van der Waals surface area contributed by atoms with Crippen LogP contribution in [-0.4, -0.2) is 36.3 Å². The van der Waals surface area contributed by atoms with Gasteiger partial charge < -0.3 is 19.9 Å². The van der Waals surface area contributed by atoms with Gasteiger partial charge in [0.1, 0.15) is 0 Å². The summed E-state index contributed by atoms with van der Waals surface area (Å²) in [6.45, 7) is 6.44. The van der Waals surface area contributed by atoms with Crippen molar-refractivity contribution in [3.05, 3.63) is 47.6 Å². The van der Waals surface area contributed by atoms with Gasteiger partial charge in [-0.05, 0) is 18.4 Å². The number of aliphatic imine (C=N–C) groups is 1. The van der Waals surface area contributed by atoms with Gasteiger partial charge in [0.2, 0.25) is 5.89 Å². The van der Waals surface area contributed by atoms with Crippen molar-refractivity contribution in [3.63, 3.8) is 0 Å². The van der Waals surface area contributed by atoms with Crippen molar-refractivity contribution >= 4 is 5.96 Å².